The summed E-state index contributed by atoms with van der Waals surface area (Å²) in [6.07, 6.45) is 0.713. The summed E-state index contributed by atoms with van der Waals surface area (Å²) in [5, 5.41) is 25.5. The summed E-state index contributed by atoms with van der Waals surface area (Å²) in [6, 6.07) is 24.4. The van der Waals surface area contributed by atoms with E-state index < -0.39 is 10.9 Å². The molecule has 0 saturated carbocycles. The molecule has 1 atom stereocenters. The third kappa shape index (κ3) is 6.10. The van der Waals surface area contributed by atoms with Gasteiger partial charge in [-0.3, -0.25) is 19.7 Å². The monoisotopic (exact) mass is 498 g/mol. The van der Waals surface area contributed by atoms with Crippen molar-refractivity contribution in [3.63, 3.8) is 0 Å². The number of rotatable bonds is 10. The van der Waals surface area contributed by atoms with Crippen LogP contribution in [0.15, 0.2) is 84.9 Å². The Hall–Kier alpha value is -4.72. The van der Waals surface area contributed by atoms with Gasteiger partial charge in [-0.05, 0) is 59.9 Å². The number of amides is 1. The maximum absolute atomic E-state index is 13.5. The Labute approximate surface area is 213 Å². The number of nitro benzene ring substituents is 1. The highest BCUT2D eigenvalue weighted by atomic mass is 16.6. The molecule has 188 valence electrons. The number of aliphatic carboxylic acids is 1. The lowest BCUT2D eigenvalue weighted by molar-refractivity contribution is -0.385. The third-order valence-corrected chi connectivity index (χ3v) is 6.09. The van der Waals surface area contributed by atoms with E-state index in [0.717, 1.165) is 16.3 Å². The molecule has 0 fully saturated rings. The molecule has 8 heteroatoms. The smallest absolute Gasteiger partial charge is 0.311 e. The van der Waals surface area contributed by atoms with E-state index in [1.165, 1.54) is 18.2 Å². The van der Waals surface area contributed by atoms with Crippen LogP contribution in [0.3, 0.4) is 0 Å². The molecule has 37 heavy (non-hydrogen) atoms. The summed E-state index contributed by atoms with van der Waals surface area (Å²) in [6.45, 7) is 1.90. The molecule has 0 aliphatic heterocycles. The lowest BCUT2D eigenvalue weighted by Gasteiger charge is -2.18. The number of nitrogens with one attached hydrogen (secondary N) is 1. The van der Waals surface area contributed by atoms with E-state index in [4.69, 9.17) is 9.84 Å². The van der Waals surface area contributed by atoms with Gasteiger partial charge in [0.15, 0.2) is 0 Å². The highest BCUT2D eigenvalue weighted by Gasteiger charge is 2.19. The highest BCUT2D eigenvalue weighted by Crippen LogP contribution is 2.32. The van der Waals surface area contributed by atoms with Crippen LogP contribution in [0.2, 0.25) is 0 Å². The molecule has 0 spiro atoms. The fourth-order valence-corrected chi connectivity index (χ4v) is 4.28. The van der Waals surface area contributed by atoms with Crippen LogP contribution in [0, 0.1) is 10.1 Å². The second-order valence-corrected chi connectivity index (χ2v) is 8.66. The minimum absolute atomic E-state index is 0.0259. The van der Waals surface area contributed by atoms with E-state index in [0.29, 0.717) is 24.0 Å². The molecular formula is C29H26N2O6. The lowest BCUT2D eigenvalue weighted by Crippen LogP contribution is -2.27. The first-order valence-corrected chi connectivity index (χ1v) is 11.9. The second-order valence-electron chi connectivity index (χ2n) is 8.66. The molecule has 4 rings (SSSR count). The van der Waals surface area contributed by atoms with E-state index in [1.54, 1.807) is 24.3 Å². The van der Waals surface area contributed by atoms with Gasteiger partial charge in [-0.25, -0.2) is 0 Å². The van der Waals surface area contributed by atoms with Gasteiger partial charge in [0.05, 0.1) is 11.0 Å². The van der Waals surface area contributed by atoms with Crippen LogP contribution < -0.4 is 10.1 Å². The molecule has 0 aliphatic carbocycles. The number of ether oxygens (including phenoxy) is 1. The maximum Gasteiger partial charge on any atom is 0.311 e. The van der Waals surface area contributed by atoms with Crippen molar-refractivity contribution in [2.75, 3.05) is 0 Å². The average molecular weight is 499 g/mol. The van der Waals surface area contributed by atoms with Gasteiger partial charge in [-0.1, -0.05) is 60.7 Å². The van der Waals surface area contributed by atoms with Gasteiger partial charge in [0.2, 0.25) is 5.75 Å². The van der Waals surface area contributed by atoms with E-state index in [1.807, 2.05) is 49.4 Å². The number of carboxylic acids is 1. The Morgan fingerprint density at radius 2 is 1.73 bits per heavy atom. The van der Waals surface area contributed by atoms with E-state index in [9.17, 15) is 19.7 Å². The fourth-order valence-electron chi connectivity index (χ4n) is 4.28. The van der Waals surface area contributed by atoms with E-state index in [-0.39, 0.29) is 35.6 Å². The highest BCUT2D eigenvalue weighted by molar-refractivity contribution is 5.97. The number of carbonyl (C=O) groups is 2. The molecule has 2 N–H and O–H groups in total. The molecule has 1 amide bonds. The Morgan fingerprint density at radius 1 is 1.00 bits per heavy atom. The number of para-hydroxylation sites is 2. The van der Waals surface area contributed by atoms with Crippen LogP contribution >= 0.6 is 0 Å². The van der Waals surface area contributed by atoms with Gasteiger partial charge in [0.1, 0.15) is 5.75 Å². The number of carboxylic acid groups (broad SMARTS) is 1. The molecule has 0 heterocycles. The summed E-state index contributed by atoms with van der Waals surface area (Å²) >= 11 is 0. The Morgan fingerprint density at radius 3 is 2.51 bits per heavy atom. The summed E-state index contributed by atoms with van der Waals surface area (Å²) in [7, 11) is 0. The molecule has 0 radical (unpaired) electrons. The van der Waals surface area contributed by atoms with Crippen molar-refractivity contribution in [2.45, 2.75) is 32.2 Å². The average Bonchev–Trinajstić information content (AvgIpc) is 2.89. The normalized spacial score (nSPS) is 11.6. The quantitative estimate of drug-likeness (QED) is 0.192. The first kappa shape index (κ1) is 25.4. The molecule has 4 aromatic rings. The molecule has 0 unspecified atom stereocenters. The Bertz CT molecular complexity index is 1460. The second kappa shape index (κ2) is 11.3. The standard InChI is InChI=1S/C29H26N2O6/c1-19(23-12-6-9-20-8-2-3-11-24(20)23)30-29(34)25-18-22(17-16-21(25)10-7-15-28(32)33)37-27-14-5-4-13-26(27)31(35)36/h2-6,8-9,11-14,16-19H,7,10,15H2,1H3,(H,30,34)(H,32,33)/t19-/m1/s1. The lowest BCUT2D eigenvalue weighted by atomic mass is 9.98. The van der Waals surface area contributed by atoms with Crippen LogP contribution in [0.1, 0.15) is 47.3 Å². The zero-order chi connectivity index (χ0) is 26.4. The predicted octanol–water partition coefficient (Wildman–Crippen LogP) is 6.44. The van der Waals surface area contributed by atoms with Crippen LogP contribution in [0.25, 0.3) is 10.8 Å². The largest absolute Gasteiger partial charge is 0.481 e. The molecule has 0 saturated heterocycles. The first-order chi connectivity index (χ1) is 17.8. The van der Waals surface area contributed by atoms with Gasteiger partial charge >= 0.3 is 11.7 Å². The van der Waals surface area contributed by atoms with Crippen LogP contribution in [0.4, 0.5) is 5.69 Å². The van der Waals surface area contributed by atoms with Crippen molar-refractivity contribution < 1.29 is 24.4 Å². The Balaban J connectivity index is 1.63. The molecular weight excluding hydrogens is 472 g/mol. The maximum atomic E-state index is 13.5. The number of hydrogen-bond acceptors (Lipinski definition) is 5. The molecule has 4 aromatic carbocycles. The number of nitro groups is 1. The van der Waals surface area contributed by atoms with Gasteiger partial charge in [0.25, 0.3) is 5.91 Å². The molecule has 0 aromatic heterocycles. The first-order valence-electron chi connectivity index (χ1n) is 11.9. The number of aryl methyl sites for hydroxylation is 1. The molecule has 8 nitrogen and oxygen atoms in total. The van der Waals surface area contributed by atoms with Gasteiger partial charge in [0, 0.05) is 18.1 Å². The van der Waals surface area contributed by atoms with E-state index >= 15 is 0 Å². The van der Waals surface area contributed by atoms with Gasteiger partial charge in [-0.15, -0.1) is 0 Å². The molecule has 0 bridgehead atoms. The number of hydrogen-bond donors (Lipinski definition) is 2. The predicted molar refractivity (Wildman–Crippen MR) is 140 cm³/mol. The van der Waals surface area contributed by atoms with Crippen molar-refractivity contribution in [3.8, 4) is 11.5 Å². The number of carbonyl (C=O) groups excluding carboxylic acids is 1. The van der Waals surface area contributed by atoms with E-state index in [2.05, 4.69) is 5.32 Å². The minimum atomic E-state index is -0.910. The van der Waals surface area contributed by atoms with Crippen LogP contribution in [-0.4, -0.2) is 21.9 Å². The topological polar surface area (TPSA) is 119 Å². The number of fused-ring (bicyclic) bond motifs is 1. The summed E-state index contributed by atoms with van der Waals surface area (Å²) in [5.41, 5.74) is 1.77. The van der Waals surface area contributed by atoms with Crippen molar-refractivity contribution >= 4 is 28.3 Å². The van der Waals surface area contributed by atoms with Crippen molar-refractivity contribution in [3.05, 3.63) is 112 Å². The summed E-state index contributed by atoms with van der Waals surface area (Å²) in [4.78, 5) is 35.3. The van der Waals surface area contributed by atoms with Crippen molar-refractivity contribution in [1.29, 1.82) is 0 Å². The van der Waals surface area contributed by atoms with Crippen LogP contribution in [0.5, 0.6) is 11.5 Å². The third-order valence-electron chi connectivity index (χ3n) is 6.09. The Kier molecular flexibility index (Phi) is 7.78. The number of benzene rings is 4. The minimum Gasteiger partial charge on any atom is -0.481 e. The van der Waals surface area contributed by atoms with Crippen LogP contribution in [-0.2, 0) is 11.2 Å². The number of nitrogens with zero attached hydrogens (tertiary/aromatic N) is 1. The van der Waals surface area contributed by atoms with Crippen molar-refractivity contribution in [1.82, 2.24) is 5.32 Å². The summed E-state index contributed by atoms with van der Waals surface area (Å²) in [5.74, 6) is -0.938. The van der Waals surface area contributed by atoms with Gasteiger partial charge < -0.3 is 15.2 Å². The van der Waals surface area contributed by atoms with Gasteiger partial charge in [-0.2, -0.15) is 0 Å². The van der Waals surface area contributed by atoms with Crippen molar-refractivity contribution in [2.24, 2.45) is 0 Å². The zero-order valence-electron chi connectivity index (χ0n) is 20.2. The fraction of sp³-hybridized carbons (Fsp3) is 0.172. The SMILES string of the molecule is C[C@@H](NC(=O)c1cc(Oc2ccccc2[N+](=O)[O-])ccc1CCCC(=O)O)c1cccc2ccccc12. The molecule has 0 aliphatic rings. The summed E-state index contributed by atoms with van der Waals surface area (Å²) < 4.78 is 5.79. The zero-order valence-corrected chi connectivity index (χ0v) is 20.2.